The molecule has 3 aromatic rings. The first kappa shape index (κ1) is 19.3. The standard InChI is InChI=1S/C23H26N8O4/c1-24-23(33)19-17(8-18(28-29-19)27-22(32)14-6-7-14)26-16-5-3-4-15(20(16)34-2)21-25-12-31(30-21)9-13-10-35-11-13/h3-5,8,12-14H,6-7,9-11H2,1-2H3,(H,24,33)(H2,26,27,28,32)/i1D3. The average molecular weight is 482 g/mol. The van der Waals surface area contributed by atoms with Gasteiger partial charge >= 0.3 is 0 Å². The molecule has 0 unspecified atom stereocenters. The normalized spacial score (nSPS) is 16.9. The number of amides is 2. The maximum Gasteiger partial charge on any atom is 0.273 e. The highest BCUT2D eigenvalue weighted by atomic mass is 16.5. The molecular weight excluding hydrogens is 452 g/mol. The maximum absolute atomic E-state index is 12.7. The van der Waals surface area contributed by atoms with Gasteiger partial charge in [-0.25, -0.2) is 4.98 Å². The van der Waals surface area contributed by atoms with E-state index in [1.165, 1.54) is 13.2 Å². The molecule has 2 fully saturated rings. The Hall–Kier alpha value is -4.06. The summed E-state index contributed by atoms with van der Waals surface area (Å²) in [5.41, 5.74) is 0.873. The molecule has 1 aliphatic heterocycles. The highest BCUT2D eigenvalue weighted by molar-refractivity contribution is 6.00. The van der Waals surface area contributed by atoms with E-state index in [2.05, 4.69) is 30.9 Å². The van der Waals surface area contributed by atoms with Gasteiger partial charge in [-0.15, -0.1) is 10.2 Å². The van der Waals surface area contributed by atoms with E-state index in [1.54, 1.807) is 29.2 Å². The van der Waals surface area contributed by atoms with Crippen LogP contribution in [-0.2, 0) is 16.1 Å². The van der Waals surface area contributed by atoms with E-state index >= 15 is 0 Å². The van der Waals surface area contributed by atoms with E-state index in [0.717, 1.165) is 12.8 Å². The number of aromatic nitrogens is 5. The number of rotatable bonds is 9. The molecule has 0 spiro atoms. The van der Waals surface area contributed by atoms with Gasteiger partial charge in [0.05, 0.1) is 37.3 Å². The van der Waals surface area contributed by atoms with Gasteiger partial charge in [0.2, 0.25) is 5.91 Å². The SMILES string of the molecule is [2H]C([2H])([2H])NC(=O)c1nnc(NC(=O)C2CC2)cc1Nc1cccc(-c2ncn(CC3COC3)n2)c1OC. The van der Waals surface area contributed by atoms with Crippen molar-refractivity contribution >= 4 is 29.0 Å². The summed E-state index contributed by atoms with van der Waals surface area (Å²) in [6, 6.07) is 6.68. The Morgan fingerprint density at radius 1 is 1.26 bits per heavy atom. The molecule has 2 aromatic heterocycles. The summed E-state index contributed by atoms with van der Waals surface area (Å²) in [7, 11) is 1.49. The van der Waals surface area contributed by atoms with E-state index < -0.39 is 12.9 Å². The Labute approximate surface area is 205 Å². The van der Waals surface area contributed by atoms with Crippen molar-refractivity contribution in [2.75, 3.05) is 37.9 Å². The van der Waals surface area contributed by atoms with Crippen LogP contribution in [0.3, 0.4) is 0 Å². The van der Waals surface area contributed by atoms with Crippen LogP contribution in [0.5, 0.6) is 5.75 Å². The molecule has 2 aliphatic rings. The number of hydrogen-bond donors (Lipinski definition) is 3. The first-order valence-corrected chi connectivity index (χ1v) is 11.1. The largest absolute Gasteiger partial charge is 0.494 e. The smallest absolute Gasteiger partial charge is 0.273 e. The molecule has 3 heterocycles. The van der Waals surface area contributed by atoms with Crippen LogP contribution in [0.15, 0.2) is 30.6 Å². The van der Waals surface area contributed by atoms with Gasteiger partial charge in [0.1, 0.15) is 6.33 Å². The van der Waals surface area contributed by atoms with Gasteiger partial charge in [-0.1, -0.05) is 6.07 Å². The van der Waals surface area contributed by atoms with Crippen LogP contribution >= 0.6 is 0 Å². The Bertz CT molecular complexity index is 1350. The Balaban J connectivity index is 1.46. The van der Waals surface area contributed by atoms with Crippen molar-refractivity contribution < 1.29 is 23.2 Å². The topological polar surface area (TPSA) is 145 Å². The zero-order valence-corrected chi connectivity index (χ0v) is 18.9. The second-order valence-electron chi connectivity index (χ2n) is 8.41. The van der Waals surface area contributed by atoms with Crippen molar-refractivity contribution in [1.82, 2.24) is 30.3 Å². The van der Waals surface area contributed by atoms with Crippen LogP contribution in [0.25, 0.3) is 11.4 Å². The second-order valence-corrected chi connectivity index (χ2v) is 8.41. The molecular formula is C23H26N8O4. The van der Waals surface area contributed by atoms with Crippen LogP contribution in [-0.4, -0.2) is 64.1 Å². The Kier molecular flexibility index (Phi) is 5.32. The first-order valence-electron chi connectivity index (χ1n) is 12.6. The number of ether oxygens (including phenoxy) is 2. The molecule has 1 saturated heterocycles. The lowest BCUT2D eigenvalue weighted by molar-refractivity contribution is -0.117. The van der Waals surface area contributed by atoms with Crippen LogP contribution < -0.4 is 20.7 Å². The quantitative estimate of drug-likeness (QED) is 0.417. The molecule has 3 N–H and O–H groups in total. The maximum atomic E-state index is 12.7. The van der Waals surface area contributed by atoms with Gasteiger partial charge in [-0.3, -0.25) is 14.3 Å². The number of anilines is 3. The number of benzene rings is 1. The zero-order valence-electron chi connectivity index (χ0n) is 21.9. The van der Waals surface area contributed by atoms with Crippen molar-refractivity contribution in [3.05, 3.63) is 36.3 Å². The molecule has 12 heteroatoms. The summed E-state index contributed by atoms with van der Waals surface area (Å²) >= 11 is 0. The van der Waals surface area contributed by atoms with Crippen molar-refractivity contribution in [2.45, 2.75) is 19.4 Å². The second kappa shape index (κ2) is 9.66. The molecule has 182 valence electrons. The predicted octanol–water partition coefficient (Wildman–Crippen LogP) is 1.84. The minimum Gasteiger partial charge on any atom is -0.494 e. The van der Waals surface area contributed by atoms with Crippen LogP contribution in [0.1, 0.15) is 27.4 Å². The average Bonchev–Trinajstić information content (AvgIpc) is 3.59. The molecule has 0 bridgehead atoms. The fourth-order valence-electron chi connectivity index (χ4n) is 3.69. The van der Waals surface area contributed by atoms with E-state index in [1.807, 2.05) is 5.32 Å². The van der Waals surface area contributed by atoms with Crippen molar-refractivity contribution in [1.29, 1.82) is 0 Å². The molecule has 1 aliphatic carbocycles. The summed E-state index contributed by atoms with van der Waals surface area (Å²) in [6.07, 6.45) is 3.24. The molecule has 35 heavy (non-hydrogen) atoms. The predicted molar refractivity (Wildman–Crippen MR) is 126 cm³/mol. The first-order chi connectivity index (χ1) is 18.2. The van der Waals surface area contributed by atoms with Gasteiger partial charge in [-0.05, 0) is 25.0 Å². The highest BCUT2D eigenvalue weighted by Crippen LogP contribution is 2.37. The van der Waals surface area contributed by atoms with Gasteiger partial charge in [0.25, 0.3) is 5.91 Å². The fourth-order valence-corrected chi connectivity index (χ4v) is 3.69. The minimum absolute atomic E-state index is 0.0763. The number of hydrogen-bond acceptors (Lipinski definition) is 9. The number of nitrogens with one attached hydrogen (secondary N) is 3. The number of nitrogens with zero attached hydrogens (tertiary/aromatic N) is 5. The zero-order chi connectivity index (χ0) is 26.9. The summed E-state index contributed by atoms with van der Waals surface area (Å²) in [5, 5.41) is 20.0. The van der Waals surface area contributed by atoms with Crippen molar-refractivity contribution in [3.8, 4) is 17.1 Å². The third-order valence-corrected chi connectivity index (χ3v) is 5.74. The molecule has 5 rings (SSSR count). The summed E-state index contributed by atoms with van der Waals surface area (Å²) in [6.45, 7) is -0.660. The molecule has 12 nitrogen and oxygen atoms in total. The molecule has 0 radical (unpaired) electrons. The van der Waals surface area contributed by atoms with Gasteiger partial charge in [0, 0.05) is 35.5 Å². The van der Waals surface area contributed by atoms with E-state index in [0.29, 0.717) is 48.5 Å². The lowest BCUT2D eigenvalue weighted by Crippen LogP contribution is -2.31. The molecule has 1 saturated carbocycles. The number of methoxy groups -OCH3 is 1. The van der Waals surface area contributed by atoms with Crippen LogP contribution in [0.2, 0.25) is 0 Å². The van der Waals surface area contributed by atoms with Gasteiger partial charge in [-0.2, -0.15) is 5.10 Å². The van der Waals surface area contributed by atoms with E-state index in [4.69, 9.17) is 13.6 Å². The van der Waals surface area contributed by atoms with Gasteiger partial charge in [0.15, 0.2) is 23.1 Å². The number of carbonyl (C=O) groups excluding carboxylic acids is 2. The fraction of sp³-hybridized carbons (Fsp3) is 0.391. The third-order valence-electron chi connectivity index (χ3n) is 5.74. The van der Waals surface area contributed by atoms with Crippen LogP contribution in [0.4, 0.5) is 17.2 Å². The molecule has 2 amide bonds. The number of carbonyl (C=O) groups is 2. The molecule has 1 aromatic carbocycles. The lowest BCUT2D eigenvalue weighted by atomic mass is 10.1. The Morgan fingerprint density at radius 2 is 2.11 bits per heavy atom. The summed E-state index contributed by atoms with van der Waals surface area (Å²) < 4.78 is 34.8. The Morgan fingerprint density at radius 3 is 2.83 bits per heavy atom. The lowest BCUT2D eigenvalue weighted by Gasteiger charge is -2.25. The minimum atomic E-state index is -2.73. The third kappa shape index (κ3) is 4.92. The summed E-state index contributed by atoms with van der Waals surface area (Å²) in [5.74, 6) is 0.108. The van der Waals surface area contributed by atoms with Crippen LogP contribution in [0, 0.1) is 11.8 Å². The number of para-hydroxylation sites is 1. The molecule has 0 atom stereocenters. The van der Waals surface area contributed by atoms with E-state index in [-0.39, 0.29) is 29.0 Å². The van der Waals surface area contributed by atoms with Crippen molar-refractivity contribution in [2.24, 2.45) is 11.8 Å². The monoisotopic (exact) mass is 481 g/mol. The summed E-state index contributed by atoms with van der Waals surface area (Å²) in [4.78, 5) is 29.4. The van der Waals surface area contributed by atoms with Crippen molar-refractivity contribution in [3.63, 3.8) is 0 Å². The highest BCUT2D eigenvalue weighted by Gasteiger charge is 2.30. The van der Waals surface area contributed by atoms with E-state index in [9.17, 15) is 9.59 Å². The van der Waals surface area contributed by atoms with Gasteiger partial charge < -0.3 is 25.4 Å².